The Labute approximate surface area is 140 Å². The summed E-state index contributed by atoms with van der Waals surface area (Å²) >= 11 is 5.87. The number of halogens is 2. The molecule has 23 heavy (non-hydrogen) atoms. The summed E-state index contributed by atoms with van der Waals surface area (Å²) in [6, 6.07) is 12.7. The number of ether oxygens (including phenoxy) is 1. The zero-order chi connectivity index (χ0) is 16.2. The summed E-state index contributed by atoms with van der Waals surface area (Å²) in [5.74, 6) is 0.363. The predicted molar refractivity (Wildman–Crippen MR) is 88.4 cm³/mol. The molecule has 0 saturated carbocycles. The molecule has 5 heteroatoms. The van der Waals surface area contributed by atoms with Crippen molar-refractivity contribution < 1.29 is 14.2 Å². The normalized spacial score (nSPS) is 17.8. The molecule has 0 spiro atoms. The van der Waals surface area contributed by atoms with Gasteiger partial charge in [0.05, 0.1) is 5.02 Å². The molecule has 1 aliphatic carbocycles. The van der Waals surface area contributed by atoms with Gasteiger partial charge in [0.2, 0.25) is 0 Å². The van der Waals surface area contributed by atoms with E-state index in [-0.39, 0.29) is 23.5 Å². The number of fused-ring (bicyclic) bond motifs is 1. The Balaban J connectivity index is 1.51. The van der Waals surface area contributed by atoms with E-state index < -0.39 is 6.10 Å². The van der Waals surface area contributed by atoms with Crippen molar-refractivity contribution in [1.82, 2.24) is 5.32 Å². The molecule has 0 heterocycles. The number of hydrogen-bond donors (Lipinski definition) is 2. The van der Waals surface area contributed by atoms with Gasteiger partial charge in [-0.15, -0.1) is 0 Å². The van der Waals surface area contributed by atoms with Crippen LogP contribution < -0.4 is 10.1 Å². The second kappa shape index (κ2) is 7.30. The van der Waals surface area contributed by atoms with Crippen LogP contribution in [-0.4, -0.2) is 24.4 Å². The lowest BCUT2D eigenvalue weighted by Gasteiger charge is -2.18. The van der Waals surface area contributed by atoms with Gasteiger partial charge in [-0.3, -0.25) is 0 Å². The topological polar surface area (TPSA) is 41.5 Å². The molecule has 0 saturated heterocycles. The number of aliphatic hydroxyl groups is 1. The zero-order valence-electron chi connectivity index (χ0n) is 12.6. The van der Waals surface area contributed by atoms with Crippen LogP contribution >= 0.6 is 11.6 Å². The van der Waals surface area contributed by atoms with Gasteiger partial charge in [0.25, 0.3) is 0 Å². The average Bonchev–Trinajstić information content (AvgIpc) is 2.94. The molecule has 0 amide bonds. The van der Waals surface area contributed by atoms with Gasteiger partial charge in [0.1, 0.15) is 24.3 Å². The third-order valence-electron chi connectivity index (χ3n) is 4.05. The van der Waals surface area contributed by atoms with E-state index >= 15 is 0 Å². The summed E-state index contributed by atoms with van der Waals surface area (Å²) < 4.78 is 19.0. The second-order valence-corrected chi connectivity index (χ2v) is 6.15. The molecule has 2 unspecified atom stereocenters. The molecule has 0 aromatic heterocycles. The van der Waals surface area contributed by atoms with Crippen LogP contribution in [0.5, 0.6) is 5.75 Å². The maximum Gasteiger partial charge on any atom is 0.142 e. The first-order chi connectivity index (χ1) is 11.1. The SMILES string of the molecule is OC(CNC1CCc2cc(F)c(Cl)cc21)COc1ccccc1. The van der Waals surface area contributed by atoms with Gasteiger partial charge < -0.3 is 15.2 Å². The van der Waals surface area contributed by atoms with Gasteiger partial charge in [-0.2, -0.15) is 0 Å². The highest BCUT2D eigenvalue weighted by molar-refractivity contribution is 6.30. The van der Waals surface area contributed by atoms with Gasteiger partial charge in [-0.1, -0.05) is 29.8 Å². The summed E-state index contributed by atoms with van der Waals surface area (Å²) in [5.41, 5.74) is 2.01. The van der Waals surface area contributed by atoms with Crippen molar-refractivity contribution in [3.8, 4) is 5.75 Å². The molecule has 2 aromatic rings. The summed E-state index contributed by atoms with van der Waals surface area (Å²) in [4.78, 5) is 0. The number of para-hydroxylation sites is 1. The van der Waals surface area contributed by atoms with Crippen LogP contribution in [0.1, 0.15) is 23.6 Å². The Hall–Kier alpha value is -1.62. The Kier molecular flexibility index (Phi) is 5.16. The van der Waals surface area contributed by atoms with Crippen LogP contribution in [-0.2, 0) is 6.42 Å². The lowest BCUT2D eigenvalue weighted by Crippen LogP contribution is -2.33. The molecular weight excluding hydrogens is 317 g/mol. The van der Waals surface area contributed by atoms with Crippen LogP contribution in [0, 0.1) is 5.82 Å². The quantitative estimate of drug-likeness (QED) is 0.849. The van der Waals surface area contributed by atoms with Crippen molar-refractivity contribution in [3.05, 3.63) is 64.4 Å². The first-order valence-electron chi connectivity index (χ1n) is 7.70. The summed E-state index contributed by atoms with van der Waals surface area (Å²) in [6.07, 6.45) is 1.08. The van der Waals surface area contributed by atoms with Crippen molar-refractivity contribution in [2.24, 2.45) is 0 Å². The number of rotatable bonds is 6. The van der Waals surface area contributed by atoms with E-state index in [1.165, 1.54) is 6.07 Å². The highest BCUT2D eigenvalue weighted by Gasteiger charge is 2.24. The minimum atomic E-state index is -0.616. The predicted octanol–water partition coefficient (Wildman–Crippen LogP) is 3.50. The number of nitrogens with one attached hydrogen (secondary N) is 1. The van der Waals surface area contributed by atoms with Crippen LogP contribution in [0.4, 0.5) is 4.39 Å². The number of hydrogen-bond acceptors (Lipinski definition) is 3. The van der Waals surface area contributed by atoms with Gasteiger partial charge in [0, 0.05) is 12.6 Å². The summed E-state index contributed by atoms with van der Waals surface area (Å²) in [6.45, 7) is 0.632. The van der Waals surface area contributed by atoms with Crippen LogP contribution in [0.25, 0.3) is 0 Å². The molecule has 0 aliphatic heterocycles. The van der Waals surface area contributed by atoms with E-state index in [0.717, 1.165) is 29.7 Å². The number of benzene rings is 2. The first kappa shape index (κ1) is 16.2. The van der Waals surface area contributed by atoms with Crippen LogP contribution in [0.15, 0.2) is 42.5 Å². The van der Waals surface area contributed by atoms with Gasteiger partial charge in [0.15, 0.2) is 0 Å². The number of aliphatic hydroxyl groups excluding tert-OH is 1. The second-order valence-electron chi connectivity index (χ2n) is 5.74. The number of aryl methyl sites for hydroxylation is 1. The Morgan fingerprint density at radius 1 is 1.30 bits per heavy atom. The highest BCUT2D eigenvalue weighted by Crippen LogP contribution is 2.34. The maximum atomic E-state index is 13.5. The third kappa shape index (κ3) is 4.02. The third-order valence-corrected chi connectivity index (χ3v) is 4.34. The zero-order valence-corrected chi connectivity index (χ0v) is 13.4. The summed E-state index contributed by atoms with van der Waals surface area (Å²) in [7, 11) is 0. The van der Waals surface area contributed by atoms with Gasteiger partial charge in [-0.25, -0.2) is 4.39 Å². The lowest BCUT2D eigenvalue weighted by atomic mass is 10.1. The minimum Gasteiger partial charge on any atom is -0.491 e. The molecule has 2 N–H and O–H groups in total. The molecule has 3 rings (SSSR count). The van der Waals surface area contributed by atoms with Crippen molar-refractivity contribution in [3.63, 3.8) is 0 Å². The highest BCUT2D eigenvalue weighted by atomic mass is 35.5. The molecular formula is C18H19ClFNO2. The molecule has 2 aromatic carbocycles. The van der Waals surface area contributed by atoms with Crippen molar-refractivity contribution in [1.29, 1.82) is 0 Å². The largest absolute Gasteiger partial charge is 0.491 e. The molecule has 0 bridgehead atoms. The van der Waals surface area contributed by atoms with Crippen molar-refractivity contribution in [2.75, 3.05) is 13.2 Å². The smallest absolute Gasteiger partial charge is 0.142 e. The average molecular weight is 336 g/mol. The molecule has 1 aliphatic rings. The summed E-state index contributed by atoms with van der Waals surface area (Å²) in [5, 5.41) is 13.5. The molecule has 2 atom stereocenters. The standard InChI is InChI=1S/C18H19ClFNO2/c19-16-9-15-12(8-17(16)20)6-7-18(15)21-10-13(22)11-23-14-4-2-1-3-5-14/h1-5,8-9,13,18,21-22H,6-7,10-11H2. The van der Waals surface area contributed by atoms with E-state index in [1.54, 1.807) is 6.07 Å². The van der Waals surface area contributed by atoms with Crippen LogP contribution in [0.2, 0.25) is 5.02 Å². The molecule has 0 fully saturated rings. The van der Waals surface area contributed by atoms with Crippen molar-refractivity contribution in [2.45, 2.75) is 25.0 Å². The molecule has 3 nitrogen and oxygen atoms in total. The Morgan fingerprint density at radius 2 is 2.09 bits per heavy atom. The van der Waals surface area contributed by atoms with Crippen molar-refractivity contribution >= 4 is 11.6 Å². The monoisotopic (exact) mass is 335 g/mol. The van der Waals surface area contributed by atoms with E-state index in [1.807, 2.05) is 30.3 Å². The van der Waals surface area contributed by atoms with E-state index in [0.29, 0.717) is 6.54 Å². The van der Waals surface area contributed by atoms with Crippen LogP contribution in [0.3, 0.4) is 0 Å². The van der Waals surface area contributed by atoms with E-state index in [4.69, 9.17) is 16.3 Å². The maximum absolute atomic E-state index is 13.5. The fraction of sp³-hybridized carbons (Fsp3) is 0.333. The van der Waals surface area contributed by atoms with Gasteiger partial charge in [-0.05, 0) is 48.2 Å². The van der Waals surface area contributed by atoms with E-state index in [9.17, 15) is 9.50 Å². The first-order valence-corrected chi connectivity index (χ1v) is 8.08. The Morgan fingerprint density at radius 3 is 2.87 bits per heavy atom. The fourth-order valence-corrected chi connectivity index (χ4v) is 3.03. The lowest BCUT2D eigenvalue weighted by molar-refractivity contribution is 0.103. The molecule has 122 valence electrons. The van der Waals surface area contributed by atoms with E-state index in [2.05, 4.69) is 5.32 Å². The fourth-order valence-electron chi connectivity index (χ4n) is 2.86. The molecule has 0 radical (unpaired) electrons. The Bertz CT molecular complexity index is 666. The van der Waals surface area contributed by atoms with Gasteiger partial charge >= 0.3 is 0 Å². The minimum absolute atomic E-state index is 0.0921.